The van der Waals surface area contributed by atoms with Gasteiger partial charge in [0, 0.05) is 18.1 Å². The Balaban J connectivity index is 2.34. The van der Waals surface area contributed by atoms with Gasteiger partial charge in [-0.3, -0.25) is 9.67 Å². The maximum Gasteiger partial charge on any atom is 0.195 e. The van der Waals surface area contributed by atoms with Gasteiger partial charge in [-0.25, -0.2) is 0 Å². The van der Waals surface area contributed by atoms with Gasteiger partial charge in [-0.15, -0.1) is 0 Å². The zero-order valence-corrected chi connectivity index (χ0v) is 12.8. The topological polar surface area (TPSA) is 52.1 Å². The van der Waals surface area contributed by atoms with Crippen LogP contribution in [-0.4, -0.2) is 29.0 Å². The van der Waals surface area contributed by atoms with Crippen LogP contribution in [0.15, 0.2) is 18.2 Å². The zero-order valence-electron chi connectivity index (χ0n) is 12.0. The van der Waals surface area contributed by atoms with Gasteiger partial charge in [0.2, 0.25) is 0 Å². The second-order valence-corrected chi connectivity index (χ2v) is 4.85. The van der Waals surface area contributed by atoms with Gasteiger partial charge < -0.3 is 9.47 Å². The summed E-state index contributed by atoms with van der Waals surface area (Å²) >= 11 is 5.29. The first-order valence-electron chi connectivity index (χ1n) is 6.54. The lowest BCUT2D eigenvalue weighted by atomic mass is 10.2. The number of hydrogen-bond donors (Lipinski definition) is 1. The molecule has 6 heteroatoms. The Labute approximate surface area is 123 Å². The van der Waals surface area contributed by atoms with E-state index >= 15 is 0 Å². The van der Waals surface area contributed by atoms with Crippen molar-refractivity contribution in [2.45, 2.75) is 26.3 Å². The van der Waals surface area contributed by atoms with Crippen molar-refractivity contribution >= 4 is 12.2 Å². The van der Waals surface area contributed by atoms with Crippen LogP contribution < -0.4 is 9.47 Å². The summed E-state index contributed by atoms with van der Waals surface area (Å²) in [5, 5.41) is 7.12. The molecule has 0 unspecified atom stereocenters. The molecule has 0 saturated carbocycles. The molecule has 0 amide bonds. The van der Waals surface area contributed by atoms with Gasteiger partial charge in [0.15, 0.2) is 4.77 Å². The monoisotopic (exact) mass is 293 g/mol. The largest absolute Gasteiger partial charge is 0.497 e. The van der Waals surface area contributed by atoms with Crippen molar-refractivity contribution in [3.8, 4) is 11.5 Å². The first kappa shape index (κ1) is 14.6. The average Bonchev–Trinajstić information content (AvgIpc) is 2.81. The molecule has 1 aromatic heterocycles. The summed E-state index contributed by atoms with van der Waals surface area (Å²) in [7, 11) is 3.29. The number of nitrogens with one attached hydrogen (secondary N) is 1. The van der Waals surface area contributed by atoms with E-state index in [1.165, 1.54) is 0 Å². The molecule has 0 saturated heterocycles. The molecule has 1 heterocycles. The van der Waals surface area contributed by atoms with Crippen molar-refractivity contribution < 1.29 is 9.47 Å². The lowest BCUT2D eigenvalue weighted by molar-refractivity contribution is 0.390. The van der Waals surface area contributed by atoms with Gasteiger partial charge in [-0.05, 0) is 30.8 Å². The molecule has 1 N–H and O–H groups in total. The predicted octanol–water partition coefficient (Wildman–Crippen LogP) is 2.96. The fourth-order valence-electron chi connectivity index (χ4n) is 2.08. The summed E-state index contributed by atoms with van der Waals surface area (Å²) in [5.41, 5.74) is 1.04. The minimum Gasteiger partial charge on any atom is -0.497 e. The maximum absolute atomic E-state index is 5.42. The van der Waals surface area contributed by atoms with E-state index < -0.39 is 0 Å². The van der Waals surface area contributed by atoms with E-state index in [1.807, 2.05) is 22.8 Å². The number of hydrogen-bond acceptors (Lipinski definition) is 4. The molecular weight excluding hydrogens is 274 g/mol. The van der Waals surface area contributed by atoms with E-state index in [1.54, 1.807) is 14.2 Å². The van der Waals surface area contributed by atoms with Crippen LogP contribution in [0.4, 0.5) is 0 Å². The molecule has 2 aromatic rings. The summed E-state index contributed by atoms with van der Waals surface area (Å²) in [5.74, 6) is 2.53. The van der Waals surface area contributed by atoms with Gasteiger partial charge in [0.25, 0.3) is 0 Å². The average molecular weight is 293 g/mol. The Kier molecular flexibility index (Phi) is 4.79. The zero-order chi connectivity index (χ0) is 14.5. The Bertz CT molecular complexity index is 634. The number of nitrogens with zero attached hydrogens (tertiary/aromatic N) is 2. The molecule has 20 heavy (non-hydrogen) atoms. The fourth-order valence-corrected chi connectivity index (χ4v) is 2.30. The van der Waals surface area contributed by atoms with Crippen molar-refractivity contribution in [2.75, 3.05) is 14.2 Å². The molecule has 0 bridgehead atoms. The fraction of sp³-hybridized carbons (Fsp3) is 0.429. The molecule has 0 atom stereocenters. The third kappa shape index (κ3) is 3.01. The van der Waals surface area contributed by atoms with Crippen LogP contribution in [0.5, 0.6) is 11.5 Å². The number of ether oxygens (including phenoxy) is 2. The van der Waals surface area contributed by atoms with Gasteiger partial charge in [-0.2, -0.15) is 5.10 Å². The lowest BCUT2D eigenvalue weighted by Gasteiger charge is -2.12. The van der Waals surface area contributed by atoms with E-state index in [-0.39, 0.29) is 0 Å². The molecule has 0 fully saturated rings. The van der Waals surface area contributed by atoms with E-state index in [0.717, 1.165) is 35.7 Å². The molecule has 0 aliphatic heterocycles. The van der Waals surface area contributed by atoms with Crippen LogP contribution in [0, 0.1) is 4.77 Å². The number of benzene rings is 1. The highest BCUT2D eigenvalue weighted by molar-refractivity contribution is 7.71. The number of aryl methyl sites for hydroxylation is 1. The molecule has 0 aliphatic carbocycles. The summed E-state index contributed by atoms with van der Waals surface area (Å²) in [6.45, 7) is 2.76. The predicted molar refractivity (Wildman–Crippen MR) is 80.1 cm³/mol. The lowest BCUT2D eigenvalue weighted by Crippen LogP contribution is -2.06. The van der Waals surface area contributed by atoms with Crippen molar-refractivity contribution in [3.05, 3.63) is 34.4 Å². The van der Waals surface area contributed by atoms with E-state index in [9.17, 15) is 0 Å². The Morgan fingerprint density at radius 1 is 1.30 bits per heavy atom. The van der Waals surface area contributed by atoms with Crippen LogP contribution in [0.1, 0.15) is 24.7 Å². The van der Waals surface area contributed by atoms with Crippen LogP contribution in [0.25, 0.3) is 0 Å². The molecular formula is C14H19N3O2S. The Morgan fingerprint density at radius 2 is 2.10 bits per heavy atom. The molecule has 1 aromatic carbocycles. The molecule has 5 nitrogen and oxygen atoms in total. The van der Waals surface area contributed by atoms with E-state index in [0.29, 0.717) is 11.3 Å². The minimum atomic E-state index is 0.631. The Morgan fingerprint density at radius 3 is 2.75 bits per heavy atom. The number of aromatic amines is 1. The highest BCUT2D eigenvalue weighted by Gasteiger charge is 2.10. The van der Waals surface area contributed by atoms with Gasteiger partial charge in [0.1, 0.15) is 17.3 Å². The summed E-state index contributed by atoms with van der Waals surface area (Å²) < 4.78 is 13.3. The standard InChI is InChI=1S/C14H19N3O2S/c1-4-5-13-15-16-14(20)17(13)9-10-6-7-11(18-2)8-12(10)19-3/h6-8H,4-5,9H2,1-3H3,(H,16,20). The highest BCUT2D eigenvalue weighted by Crippen LogP contribution is 2.25. The number of methoxy groups -OCH3 is 2. The first-order chi connectivity index (χ1) is 9.69. The highest BCUT2D eigenvalue weighted by atomic mass is 32.1. The molecule has 0 spiro atoms. The van der Waals surface area contributed by atoms with E-state index in [2.05, 4.69) is 17.1 Å². The van der Waals surface area contributed by atoms with Crippen molar-refractivity contribution in [1.82, 2.24) is 14.8 Å². The molecule has 0 aliphatic rings. The van der Waals surface area contributed by atoms with Gasteiger partial charge in [-0.1, -0.05) is 6.92 Å². The van der Waals surface area contributed by atoms with Gasteiger partial charge in [0.05, 0.1) is 20.8 Å². The molecule has 108 valence electrons. The summed E-state index contributed by atoms with van der Waals surface area (Å²) in [4.78, 5) is 0. The number of H-pyrrole nitrogens is 1. The summed E-state index contributed by atoms with van der Waals surface area (Å²) in [6, 6.07) is 5.78. The third-order valence-corrected chi connectivity index (χ3v) is 3.45. The number of aromatic nitrogens is 3. The van der Waals surface area contributed by atoms with Crippen molar-refractivity contribution in [3.63, 3.8) is 0 Å². The van der Waals surface area contributed by atoms with Gasteiger partial charge >= 0.3 is 0 Å². The van der Waals surface area contributed by atoms with Crippen molar-refractivity contribution in [1.29, 1.82) is 0 Å². The van der Waals surface area contributed by atoms with Crippen LogP contribution in [0.3, 0.4) is 0 Å². The van der Waals surface area contributed by atoms with Crippen LogP contribution in [-0.2, 0) is 13.0 Å². The normalized spacial score (nSPS) is 10.6. The molecule has 0 radical (unpaired) electrons. The van der Waals surface area contributed by atoms with Crippen LogP contribution in [0.2, 0.25) is 0 Å². The van der Waals surface area contributed by atoms with Crippen molar-refractivity contribution in [2.24, 2.45) is 0 Å². The molecule has 2 rings (SSSR count). The smallest absolute Gasteiger partial charge is 0.195 e. The first-order valence-corrected chi connectivity index (χ1v) is 6.95. The summed E-state index contributed by atoms with van der Waals surface area (Å²) in [6.07, 6.45) is 1.92. The number of rotatable bonds is 6. The second-order valence-electron chi connectivity index (χ2n) is 4.46. The quantitative estimate of drug-likeness (QED) is 0.832. The maximum atomic E-state index is 5.42. The second kappa shape index (κ2) is 6.56. The SMILES string of the molecule is CCCc1n[nH]c(=S)n1Cc1ccc(OC)cc1OC. The van der Waals surface area contributed by atoms with Crippen LogP contribution >= 0.6 is 12.2 Å². The third-order valence-electron chi connectivity index (χ3n) is 3.13. The Hall–Kier alpha value is -1.82. The minimum absolute atomic E-state index is 0.631. The van der Waals surface area contributed by atoms with E-state index in [4.69, 9.17) is 21.7 Å².